The lowest BCUT2D eigenvalue weighted by Crippen LogP contribution is -2.54. The molecule has 4 aromatic rings. The largest absolute Gasteiger partial charge is 0.453 e. The minimum atomic E-state index is -0.741. The summed E-state index contributed by atoms with van der Waals surface area (Å²) in [7, 11) is 2.57. The average molecular weight is 846 g/mol. The number of aromatic nitrogens is 4. The monoisotopic (exact) mass is 844 g/mol. The summed E-state index contributed by atoms with van der Waals surface area (Å²) >= 11 is 13.5. The predicted octanol–water partition coefficient (Wildman–Crippen LogP) is 6.66. The van der Waals surface area contributed by atoms with Gasteiger partial charge in [-0.15, -0.1) is 0 Å². The molecule has 5 heterocycles. The number of piperidine rings is 2. The molecule has 2 aromatic carbocycles. The Hall–Kier alpha value is -5.12. The molecule has 310 valence electrons. The lowest BCUT2D eigenvalue weighted by molar-refractivity contribution is -0.138. The van der Waals surface area contributed by atoms with Crippen LogP contribution in [0.15, 0.2) is 48.5 Å². The summed E-state index contributed by atoms with van der Waals surface area (Å²) in [4.78, 5) is 71.7. The van der Waals surface area contributed by atoms with Crippen molar-refractivity contribution in [3.8, 4) is 33.6 Å². The number of rotatable bonds is 10. The molecule has 5 aliphatic rings. The second-order valence-corrected chi connectivity index (χ2v) is 17.0. The molecule has 59 heavy (non-hydrogen) atoms. The number of nitrogens with zero attached hydrogens (tertiary/aromatic N) is 4. The van der Waals surface area contributed by atoms with Crippen molar-refractivity contribution in [3.63, 3.8) is 0 Å². The van der Waals surface area contributed by atoms with E-state index in [0.29, 0.717) is 71.2 Å². The molecule has 8 atom stereocenters. The molecule has 17 heteroatoms. The van der Waals surface area contributed by atoms with E-state index in [1.807, 2.05) is 58.3 Å². The predicted molar refractivity (Wildman–Crippen MR) is 217 cm³/mol. The highest BCUT2D eigenvalue weighted by atomic mass is 35.5. The number of benzene rings is 2. The third-order valence-electron chi connectivity index (χ3n) is 12.7. The number of ether oxygens (including phenoxy) is 3. The summed E-state index contributed by atoms with van der Waals surface area (Å²) in [5.41, 5.74) is 5.03. The molecule has 2 saturated carbocycles. The third-order valence-corrected chi connectivity index (χ3v) is 13.3. The summed E-state index contributed by atoms with van der Waals surface area (Å²) in [6.07, 6.45) is 3.48. The Morgan fingerprint density at radius 2 is 1.14 bits per heavy atom. The Balaban J connectivity index is 0.887. The van der Waals surface area contributed by atoms with Crippen molar-refractivity contribution in [1.29, 1.82) is 0 Å². The lowest BCUT2D eigenvalue weighted by atomic mass is 9.90. The molecule has 3 aliphatic heterocycles. The molecular formula is C42H46Cl2N8O7. The summed E-state index contributed by atoms with van der Waals surface area (Å²) in [6.45, 7) is 2.74. The van der Waals surface area contributed by atoms with Gasteiger partial charge in [-0.25, -0.2) is 19.6 Å². The number of aromatic amines is 2. The number of fused-ring (bicyclic) bond motifs is 2. The van der Waals surface area contributed by atoms with Gasteiger partial charge in [0.1, 0.15) is 23.7 Å². The van der Waals surface area contributed by atoms with Crippen LogP contribution in [0.3, 0.4) is 0 Å². The van der Waals surface area contributed by atoms with E-state index in [1.165, 1.54) is 14.2 Å². The van der Waals surface area contributed by atoms with Gasteiger partial charge in [0.25, 0.3) is 0 Å². The van der Waals surface area contributed by atoms with Gasteiger partial charge in [-0.3, -0.25) is 9.59 Å². The van der Waals surface area contributed by atoms with Crippen LogP contribution in [-0.4, -0.2) is 105 Å². The van der Waals surface area contributed by atoms with Crippen molar-refractivity contribution in [2.45, 2.75) is 81.7 Å². The maximum Gasteiger partial charge on any atom is 0.407 e. The number of hydrogen-bond acceptors (Lipinski definition) is 9. The highest BCUT2D eigenvalue weighted by Gasteiger charge is 2.57. The van der Waals surface area contributed by atoms with Gasteiger partial charge < -0.3 is 44.6 Å². The van der Waals surface area contributed by atoms with Gasteiger partial charge >= 0.3 is 12.2 Å². The Kier molecular flexibility index (Phi) is 10.5. The van der Waals surface area contributed by atoms with Crippen molar-refractivity contribution in [2.24, 2.45) is 17.8 Å². The summed E-state index contributed by atoms with van der Waals surface area (Å²) < 4.78 is 15.1. The number of carbonyl (C=O) groups is 4. The quantitative estimate of drug-likeness (QED) is 0.136. The molecule has 3 saturated heterocycles. The molecular weight excluding hydrogens is 799 g/mol. The van der Waals surface area contributed by atoms with Gasteiger partial charge in [0, 0.05) is 36.4 Å². The first-order valence-electron chi connectivity index (χ1n) is 20.2. The SMILES string of the molecule is COC(=O)N[C@@H](C)C(=O)N1[C@@H]2C[C@@H]2C[C@H]1c1nc(Cl)c(-c2ccc(-c3ccc(-c4[nH]c([C@@H]5C[C@H]6C[C@H]6N5C(=O)[C@@H](NC(=O)OC)C5CCOCC5)nc4Cl)cc3)cc2)[nH]1. The maximum atomic E-state index is 14.2. The number of amides is 4. The molecule has 0 radical (unpaired) electrons. The number of likely N-dealkylation sites (tertiary alicyclic amines) is 2. The smallest absolute Gasteiger partial charge is 0.407 e. The molecule has 4 amide bonds. The van der Waals surface area contributed by atoms with Crippen LogP contribution in [-0.2, 0) is 23.8 Å². The van der Waals surface area contributed by atoms with Crippen LogP contribution >= 0.6 is 23.2 Å². The zero-order valence-corrected chi connectivity index (χ0v) is 34.4. The number of halogens is 2. The molecule has 2 aromatic heterocycles. The molecule has 9 rings (SSSR count). The number of carbonyl (C=O) groups excluding carboxylic acids is 4. The fraction of sp³-hybridized carbons (Fsp3) is 0.476. The molecule has 0 bridgehead atoms. The van der Waals surface area contributed by atoms with E-state index in [0.717, 1.165) is 47.9 Å². The number of H-pyrrole nitrogens is 2. The molecule has 5 fully saturated rings. The van der Waals surface area contributed by atoms with Gasteiger partial charge in [0.15, 0.2) is 10.3 Å². The molecule has 0 spiro atoms. The normalized spacial score (nSPS) is 25.4. The van der Waals surface area contributed by atoms with Crippen LogP contribution in [0.4, 0.5) is 9.59 Å². The van der Waals surface area contributed by atoms with E-state index < -0.39 is 24.3 Å². The Morgan fingerprint density at radius 3 is 1.61 bits per heavy atom. The topological polar surface area (TPSA) is 184 Å². The molecule has 4 N–H and O–H groups in total. The Morgan fingerprint density at radius 1 is 0.695 bits per heavy atom. The maximum absolute atomic E-state index is 14.2. The van der Waals surface area contributed by atoms with Crippen LogP contribution in [0, 0.1) is 17.8 Å². The van der Waals surface area contributed by atoms with Gasteiger partial charge in [-0.2, -0.15) is 0 Å². The fourth-order valence-corrected chi connectivity index (χ4v) is 9.92. The van der Waals surface area contributed by atoms with E-state index in [-0.39, 0.29) is 41.9 Å². The van der Waals surface area contributed by atoms with Crippen molar-refractivity contribution in [1.82, 2.24) is 40.4 Å². The lowest BCUT2D eigenvalue weighted by Gasteiger charge is -2.35. The van der Waals surface area contributed by atoms with E-state index in [2.05, 4.69) is 30.3 Å². The van der Waals surface area contributed by atoms with Crippen LogP contribution in [0.1, 0.15) is 69.2 Å². The van der Waals surface area contributed by atoms with Crippen LogP contribution < -0.4 is 10.6 Å². The number of alkyl carbamates (subject to hydrolysis) is 2. The van der Waals surface area contributed by atoms with Crippen molar-refractivity contribution in [3.05, 3.63) is 70.5 Å². The van der Waals surface area contributed by atoms with Gasteiger partial charge in [-0.05, 0) is 74.3 Å². The molecule has 2 aliphatic carbocycles. The number of imidazole rings is 2. The third kappa shape index (κ3) is 7.52. The van der Waals surface area contributed by atoms with E-state index in [9.17, 15) is 19.2 Å². The fourth-order valence-electron chi connectivity index (χ4n) is 9.43. The van der Waals surface area contributed by atoms with E-state index in [4.69, 9.17) is 37.7 Å². The van der Waals surface area contributed by atoms with Crippen LogP contribution in [0.2, 0.25) is 10.3 Å². The van der Waals surface area contributed by atoms with Crippen LogP contribution in [0.5, 0.6) is 0 Å². The molecule has 0 unspecified atom stereocenters. The number of hydrogen-bond donors (Lipinski definition) is 4. The number of nitrogens with one attached hydrogen (secondary N) is 4. The first-order chi connectivity index (χ1) is 28.5. The zero-order chi connectivity index (χ0) is 41.1. The first-order valence-corrected chi connectivity index (χ1v) is 20.9. The summed E-state index contributed by atoms with van der Waals surface area (Å²) in [5.74, 6) is 1.67. The van der Waals surface area contributed by atoms with Crippen LogP contribution in [0.25, 0.3) is 33.6 Å². The first kappa shape index (κ1) is 39.3. The van der Waals surface area contributed by atoms with E-state index >= 15 is 0 Å². The van der Waals surface area contributed by atoms with Gasteiger partial charge in [0.2, 0.25) is 11.8 Å². The van der Waals surface area contributed by atoms with Crippen molar-refractivity contribution >= 4 is 47.2 Å². The van der Waals surface area contributed by atoms with Crippen molar-refractivity contribution in [2.75, 3.05) is 27.4 Å². The average Bonchev–Trinajstić information content (AvgIpc) is 3.97. The second-order valence-electron chi connectivity index (χ2n) is 16.3. The summed E-state index contributed by atoms with van der Waals surface area (Å²) in [6, 6.07) is 14.2. The van der Waals surface area contributed by atoms with Crippen molar-refractivity contribution < 1.29 is 33.4 Å². The Labute approximate surface area is 350 Å². The van der Waals surface area contributed by atoms with Gasteiger partial charge in [-0.1, -0.05) is 71.7 Å². The highest BCUT2D eigenvalue weighted by molar-refractivity contribution is 6.32. The molecule has 15 nitrogen and oxygen atoms in total. The Bertz CT molecular complexity index is 2260. The zero-order valence-electron chi connectivity index (χ0n) is 32.9. The highest BCUT2D eigenvalue weighted by Crippen LogP contribution is 2.55. The van der Waals surface area contributed by atoms with E-state index in [1.54, 1.807) is 6.92 Å². The summed E-state index contributed by atoms with van der Waals surface area (Å²) in [5, 5.41) is 6.05. The minimum Gasteiger partial charge on any atom is -0.453 e. The second kappa shape index (κ2) is 15.8. The minimum absolute atomic E-state index is 0.0543. The standard InChI is InChI=1S/C42H46Cl2N8O7/c1-20(45-41(55)57-2)39(53)51-28-16-26(28)18-30(51)37-46-32(35(43)49-37)23-8-4-21(5-9-23)22-6-10-24(11-7-22)33-36(44)50-38(47-33)31-19-27-17-29(27)52(31)40(54)34(48-42(56)58-3)25-12-14-59-15-13-25/h4-11,20,25-31,34H,12-19H2,1-3H3,(H,45,55)(H,46,49)(H,47,50)(H,48,56)/t20-,26+,27+,28+,29+,30-,31-,34-/m0/s1. The number of methoxy groups -OCH3 is 2. The van der Waals surface area contributed by atoms with Gasteiger partial charge in [0.05, 0.1) is 37.7 Å².